The number of nitrogens with zero attached hydrogens (tertiary/aromatic N) is 1. The SMILES string of the molecule is CCCCC(OCC)c1cccc(-c2csc(CC(=O)c3cc(Cl)c(/C=C(\C)C(C)=O)c(Cl)c3)n2)c1OC. The number of hydrogen-bond donors (Lipinski definition) is 0. The van der Waals surface area contributed by atoms with Gasteiger partial charge in [-0.3, -0.25) is 9.59 Å². The van der Waals surface area contributed by atoms with E-state index in [9.17, 15) is 9.59 Å². The highest BCUT2D eigenvalue weighted by molar-refractivity contribution is 7.10. The molecule has 3 rings (SSSR count). The van der Waals surface area contributed by atoms with Crippen molar-refractivity contribution in [2.24, 2.45) is 0 Å². The molecule has 202 valence electrons. The molecular weight excluding hydrogens is 541 g/mol. The highest BCUT2D eigenvalue weighted by atomic mass is 35.5. The number of carbonyl (C=O) groups excluding carboxylic acids is 2. The van der Waals surface area contributed by atoms with E-state index in [4.69, 9.17) is 37.7 Å². The third kappa shape index (κ3) is 7.32. The summed E-state index contributed by atoms with van der Waals surface area (Å²) in [6.45, 7) is 7.95. The van der Waals surface area contributed by atoms with Crippen molar-refractivity contribution < 1.29 is 19.1 Å². The lowest BCUT2D eigenvalue weighted by Crippen LogP contribution is -2.07. The fourth-order valence-electron chi connectivity index (χ4n) is 4.11. The van der Waals surface area contributed by atoms with Crippen LogP contribution >= 0.6 is 34.5 Å². The first-order valence-corrected chi connectivity index (χ1v) is 14.3. The summed E-state index contributed by atoms with van der Waals surface area (Å²) in [7, 11) is 1.66. The second-order valence-electron chi connectivity index (χ2n) is 8.98. The Morgan fingerprint density at radius 1 is 1.13 bits per heavy atom. The molecular formula is C30H33Cl2NO4S. The maximum absolute atomic E-state index is 13.1. The number of methoxy groups -OCH3 is 1. The molecule has 0 radical (unpaired) electrons. The van der Waals surface area contributed by atoms with Crippen LogP contribution in [-0.2, 0) is 16.0 Å². The van der Waals surface area contributed by atoms with E-state index in [0.717, 1.165) is 41.8 Å². The molecule has 1 unspecified atom stereocenters. The Kier molecular flexibility index (Phi) is 11.1. The van der Waals surface area contributed by atoms with E-state index in [1.165, 1.54) is 18.3 Å². The maximum atomic E-state index is 13.1. The quantitative estimate of drug-likeness (QED) is 0.151. The molecule has 1 atom stereocenters. The molecule has 0 aliphatic rings. The number of thiazole rings is 1. The minimum absolute atomic E-state index is 0.0546. The minimum Gasteiger partial charge on any atom is -0.496 e. The molecule has 3 aromatic rings. The van der Waals surface area contributed by atoms with Crippen molar-refractivity contribution in [3.63, 3.8) is 0 Å². The predicted molar refractivity (Wildman–Crippen MR) is 157 cm³/mol. The zero-order valence-corrected chi connectivity index (χ0v) is 24.7. The van der Waals surface area contributed by atoms with Gasteiger partial charge in [0.15, 0.2) is 11.6 Å². The van der Waals surface area contributed by atoms with Gasteiger partial charge >= 0.3 is 0 Å². The minimum atomic E-state index is -0.148. The van der Waals surface area contributed by atoms with E-state index in [2.05, 4.69) is 6.92 Å². The van der Waals surface area contributed by atoms with Crippen molar-refractivity contribution >= 4 is 52.2 Å². The Morgan fingerprint density at radius 3 is 2.45 bits per heavy atom. The number of benzene rings is 2. The predicted octanol–water partition coefficient (Wildman–Crippen LogP) is 8.81. The van der Waals surface area contributed by atoms with Crippen molar-refractivity contribution in [2.45, 2.75) is 59.5 Å². The maximum Gasteiger partial charge on any atom is 0.169 e. The smallest absolute Gasteiger partial charge is 0.169 e. The highest BCUT2D eigenvalue weighted by Gasteiger charge is 2.21. The van der Waals surface area contributed by atoms with E-state index >= 15 is 0 Å². The number of rotatable bonds is 13. The first kappa shape index (κ1) is 30.0. The van der Waals surface area contributed by atoms with Gasteiger partial charge in [-0.1, -0.05) is 55.1 Å². The third-order valence-electron chi connectivity index (χ3n) is 6.24. The van der Waals surface area contributed by atoms with Crippen molar-refractivity contribution in [2.75, 3.05) is 13.7 Å². The van der Waals surface area contributed by atoms with Crippen LogP contribution in [0.5, 0.6) is 5.75 Å². The first-order valence-electron chi connectivity index (χ1n) is 12.6. The molecule has 0 saturated heterocycles. The molecule has 38 heavy (non-hydrogen) atoms. The molecule has 1 aromatic heterocycles. The molecule has 0 amide bonds. The number of halogens is 2. The number of ketones is 2. The lowest BCUT2D eigenvalue weighted by molar-refractivity contribution is -0.113. The van der Waals surface area contributed by atoms with Crippen LogP contribution in [0.4, 0.5) is 0 Å². The average molecular weight is 575 g/mol. The fourth-order valence-corrected chi connectivity index (χ4v) is 5.50. The third-order valence-corrected chi connectivity index (χ3v) is 7.72. The topological polar surface area (TPSA) is 65.5 Å². The van der Waals surface area contributed by atoms with Crippen LogP contribution in [0.3, 0.4) is 0 Å². The van der Waals surface area contributed by atoms with Gasteiger partial charge in [-0.25, -0.2) is 4.98 Å². The number of hydrogen-bond acceptors (Lipinski definition) is 6. The number of allylic oxidation sites excluding steroid dienone is 1. The van der Waals surface area contributed by atoms with Crippen molar-refractivity contribution in [1.82, 2.24) is 4.98 Å². The Morgan fingerprint density at radius 2 is 1.84 bits per heavy atom. The number of para-hydroxylation sites is 1. The second kappa shape index (κ2) is 14.0. The van der Waals surface area contributed by atoms with E-state index < -0.39 is 0 Å². The monoisotopic (exact) mass is 573 g/mol. The van der Waals surface area contributed by atoms with Gasteiger partial charge in [0, 0.05) is 34.2 Å². The molecule has 0 aliphatic carbocycles. The zero-order valence-electron chi connectivity index (χ0n) is 22.4. The summed E-state index contributed by atoms with van der Waals surface area (Å²) in [5.41, 5.74) is 4.06. The van der Waals surface area contributed by atoms with Gasteiger partial charge in [-0.15, -0.1) is 11.3 Å². The Bertz CT molecular complexity index is 1310. The van der Waals surface area contributed by atoms with Gasteiger partial charge in [0.05, 0.1) is 35.4 Å². The molecule has 5 nitrogen and oxygen atoms in total. The summed E-state index contributed by atoms with van der Waals surface area (Å²) < 4.78 is 11.9. The number of aromatic nitrogens is 1. The fraction of sp³-hybridized carbons (Fsp3) is 0.367. The second-order valence-corrected chi connectivity index (χ2v) is 10.7. The molecule has 0 fully saturated rings. The summed E-state index contributed by atoms with van der Waals surface area (Å²) in [5, 5.41) is 3.24. The number of Topliss-reactive ketones (excluding diaryl/α,β-unsaturated/α-hetero) is 2. The molecule has 0 bridgehead atoms. The van der Waals surface area contributed by atoms with Crippen LogP contribution in [0.1, 0.15) is 79.6 Å². The van der Waals surface area contributed by atoms with E-state index in [1.807, 2.05) is 30.5 Å². The summed E-state index contributed by atoms with van der Waals surface area (Å²) in [6, 6.07) is 9.17. The summed E-state index contributed by atoms with van der Waals surface area (Å²) >= 11 is 14.2. The molecule has 1 heterocycles. The lowest BCUT2D eigenvalue weighted by Gasteiger charge is -2.21. The number of carbonyl (C=O) groups is 2. The first-order chi connectivity index (χ1) is 18.2. The number of ether oxygens (including phenoxy) is 2. The normalized spacial score (nSPS) is 12.4. The Labute approximate surface area is 238 Å². The molecule has 0 spiro atoms. The van der Waals surface area contributed by atoms with Gasteiger partial charge in [-0.2, -0.15) is 0 Å². The average Bonchev–Trinajstić information content (AvgIpc) is 3.35. The van der Waals surface area contributed by atoms with E-state index in [0.29, 0.717) is 38.4 Å². The van der Waals surface area contributed by atoms with E-state index in [1.54, 1.807) is 32.2 Å². The largest absolute Gasteiger partial charge is 0.496 e. The van der Waals surface area contributed by atoms with Crippen LogP contribution < -0.4 is 4.74 Å². The van der Waals surface area contributed by atoms with E-state index in [-0.39, 0.29) is 24.1 Å². The van der Waals surface area contributed by atoms with Gasteiger partial charge < -0.3 is 9.47 Å². The lowest BCUT2D eigenvalue weighted by atomic mass is 9.98. The molecule has 2 aromatic carbocycles. The number of unbranched alkanes of at least 4 members (excludes halogenated alkanes) is 1. The molecule has 0 saturated carbocycles. The standard InChI is InChI=1S/C30H33Cl2NO4S/c1-6-8-12-28(37-7-2)22-11-9-10-21(30(22)36-5)26-17-38-29(33-26)16-27(35)20-14-24(31)23(25(32)15-20)13-18(3)19(4)34/h9-11,13-15,17,28H,6-8,12,16H2,1-5H3/b18-13+. The van der Waals surface area contributed by atoms with Crippen LogP contribution in [0.2, 0.25) is 10.0 Å². The van der Waals surface area contributed by atoms with Gasteiger partial charge in [0.2, 0.25) is 0 Å². The van der Waals surface area contributed by atoms with Crippen LogP contribution in [0.15, 0.2) is 41.3 Å². The Hall–Kier alpha value is -2.51. The van der Waals surface area contributed by atoms with Gasteiger partial charge in [0.1, 0.15) is 10.8 Å². The summed E-state index contributed by atoms with van der Waals surface area (Å²) in [4.78, 5) is 29.4. The van der Waals surface area contributed by atoms with Crippen LogP contribution in [0.25, 0.3) is 17.3 Å². The van der Waals surface area contributed by atoms with Gasteiger partial charge in [-0.05, 0) is 57.0 Å². The van der Waals surface area contributed by atoms with Gasteiger partial charge in [0.25, 0.3) is 0 Å². The molecule has 0 aliphatic heterocycles. The summed E-state index contributed by atoms with van der Waals surface area (Å²) in [5.74, 6) is 0.520. The highest BCUT2D eigenvalue weighted by Crippen LogP contribution is 2.39. The van der Waals surface area contributed by atoms with Crippen molar-refractivity contribution in [3.8, 4) is 17.0 Å². The van der Waals surface area contributed by atoms with Crippen LogP contribution in [-0.4, -0.2) is 30.3 Å². The van der Waals surface area contributed by atoms with Crippen molar-refractivity contribution in [1.29, 1.82) is 0 Å². The zero-order chi connectivity index (χ0) is 27.8. The van der Waals surface area contributed by atoms with Crippen LogP contribution in [0, 0.1) is 0 Å². The Balaban J connectivity index is 1.86. The molecule has 0 N–H and O–H groups in total. The van der Waals surface area contributed by atoms with Crippen molar-refractivity contribution in [3.05, 3.63) is 73.0 Å². The molecule has 8 heteroatoms. The summed E-state index contributed by atoms with van der Waals surface area (Å²) in [6.07, 6.45) is 4.74.